The summed E-state index contributed by atoms with van der Waals surface area (Å²) < 4.78 is 13.1. The van der Waals surface area contributed by atoms with Crippen LogP contribution in [-0.4, -0.2) is 14.7 Å². The molecule has 0 spiro atoms. The molecule has 4 heteroatoms. The van der Waals surface area contributed by atoms with Gasteiger partial charge in [0.25, 0.3) is 0 Å². The Bertz CT molecular complexity index is 364. The lowest BCUT2D eigenvalue weighted by Gasteiger charge is -2.11. The third-order valence-electron chi connectivity index (χ3n) is 1.78. The molecular formula is C12H18OS3. The highest BCUT2D eigenvalue weighted by Gasteiger charge is 2.14. The summed E-state index contributed by atoms with van der Waals surface area (Å²) in [7, 11) is -0.884. The van der Waals surface area contributed by atoms with Gasteiger partial charge in [-0.2, -0.15) is 0 Å². The number of hydrogen-bond acceptors (Lipinski definition) is 3. The Morgan fingerprint density at radius 2 is 2.12 bits per heavy atom. The van der Waals surface area contributed by atoms with E-state index in [-0.39, 0.29) is 5.25 Å². The van der Waals surface area contributed by atoms with Crippen LogP contribution in [0.1, 0.15) is 32.6 Å². The van der Waals surface area contributed by atoms with E-state index in [1.807, 2.05) is 25.3 Å². The van der Waals surface area contributed by atoms with Gasteiger partial charge in [0.15, 0.2) is 0 Å². The second kappa shape index (κ2) is 6.62. The topological polar surface area (TPSA) is 17.1 Å². The molecule has 0 aliphatic heterocycles. The van der Waals surface area contributed by atoms with Crippen LogP contribution in [-0.2, 0) is 10.8 Å². The first-order valence-corrected chi connectivity index (χ1v) is 8.30. The van der Waals surface area contributed by atoms with Crippen LogP contribution in [0, 0.1) is 0 Å². The smallest absolute Gasteiger partial charge is 0.0735 e. The number of thiophene rings is 1. The molecule has 0 radical (unpaired) electrons. The Labute approximate surface area is 109 Å². The van der Waals surface area contributed by atoms with Crippen molar-refractivity contribution in [3.05, 3.63) is 26.6 Å². The van der Waals surface area contributed by atoms with Gasteiger partial charge in [-0.05, 0) is 17.5 Å². The zero-order valence-electron chi connectivity index (χ0n) is 10.1. The normalized spacial score (nSPS) is 14.8. The van der Waals surface area contributed by atoms with Crippen molar-refractivity contribution in [3.63, 3.8) is 0 Å². The highest BCUT2D eigenvalue weighted by molar-refractivity contribution is 8.17. The van der Waals surface area contributed by atoms with Gasteiger partial charge in [-0.15, -0.1) is 23.1 Å². The van der Waals surface area contributed by atoms with E-state index in [2.05, 4.69) is 26.0 Å². The minimum Gasteiger partial charge on any atom is -0.254 e. The second-order valence-corrected chi connectivity index (χ2v) is 8.83. The molecule has 0 aliphatic carbocycles. The van der Waals surface area contributed by atoms with E-state index < -0.39 is 10.8 Å². The van der Waals surface area contributed by atoms with Gasteiger partial charge >= 0.3 is 0 Å². The molecule has 0 fully saturated rings. The summed E-state index contributed by atoms with van der Waals surface area (Å²) in [6.07, 6.45) is 2.06. The van der Waals surface area contributed by atoms with Crippen molar-refractivity contribution < 1.29 is 4.21 Å². The first-order chi connectivity index (χ1) is 7.50. The first kappa shape index (κ1) is 14.0. The molecule has 1 nitrogen and oxygen atoms in total. The molecule has 0 bridgehead atoms. The second-order valence-electron chi connectivity index (χ2n) is 3.99. The maximum absolute atomic E-state index is 12.1. The zero-order chi connectivity index (χ0) is 12.1. The van der Waals surface area contributed by atoms with Crippen molar-refractivity contribution in [2.75, 3.05) is 0 Å². The van der Waals surface area contributed by atoms with E-state index in [0.29, 0.717) is 5.25 Å². The summed E-state index contributed by atoms with van der Waals surface area (Å²) >= 11 is 3.39. The predicted molar refractivity (Wildman–Crippen MR) is 78.3 cm³/mol. The Morgan fingerprint density at radius 1 is 1.44 bits per heavy atom. The number of hydrogen-bond donors (Lipinski definition) is 0. The molecule has 16 heavy (non-hydrogen) atoms. The van der Waals surface area contributed by atoms with Crippen LogP contribution in [0.2, 0.25) is 0 Å². The van der Waals surface area contributed by atoms with Crippen LogP contribution < -0.4 is 0 Å². The summed E-state index contributed by atoms with van der Waals surface area (Å²) in [4.78, 5) is 1.18. The van der Waals surface area contributed by atoms with Crippen LogP contribution in [0.15, 0.2) is 21.7 Å². The summed E-state index contributed by atoms with van der Waals surface area (Å²) in [5, 5.41) is 2.69. The van der Waals surface area contributed by atoms with Gasteiger partial charge in [-0.3, -0.25) is 4.21 Å². The maximum atomic E-state index is 12.1. The monoisotopic (exact) mass is 274 g/mol. The Kier molecular flexibility index (Phi) is 5.79. The molecule has 90 valence electrons. The van der Waals surface area contributed by atoms with Gasteiger partial charge in [0.1, 0.15) is 0 Å². The van der Waals surface area contributed by atoms with Crippen LogP contribution in [0.4, 0.5) is 0 Å². The van der Waals surface area contributed by atoms with Crippen molar-refractivity contribution in [2.24, 2.45) is 0 Å². The van der Waals surface area contributed by atoms with Gasteiger partial charge in [-0.1, -0.05) is 33.8 Å². The van der Waals surface area contributed by atoms with Crippen molar-refractivity contribution in [1.29, 1.82) is 0 Å². The molecule has 0 saturated carbocycles. The van der Waals surface area contributed by atoms with E-state index in [0.717, 1.165) is 4.24 Å². The third kappa shape index (κ3) is 4.44. The van der Waals surface area contributed by atoms with Crippen LogP contribution in [0.3, 0.4) is 0 Å². The van der Waals surface area contributed by atoms with Crippen LogP contribution >= 0.6 is 23.1 Å². The molecule has 1 aromatic rings. The molecular weight excluding hydrogens is 256 g/mol. The molecule has 0 amide bonds. The van der Waals surface area contributed by atoms with E-state index in [1.54, 1.807) is 23.1 Å². The molecule has 1 heterocycles. The average Bonchev–Trinajstić information content (AvgIpc) is 2.67. The lowest BCUT2D eigenvalue weighted by molar-refractivity contribution is 0.682. The minimum absolute atomic E-state index is 0.178. The molecule has 1 aromatic heterocycles. The minimum atomic E-state index is -0.884. The first-order valence-electron chi connectivity index (χ1n) is 5.33. The molecule has 0 aliphatic rings. The standard InChI is InChI=1S/C12H18OS3/c1-9(2)15-12(16(13)10(3)4)8-11-6-5-7-14-11/h5-10H,1-4H3. The van der Waals surface area contributed by atoms with Gasteiger partial charge in [-0.25, -0.2) is 0 Å². The summed E-state index contributed by atoms with van der Waals surface area (Å²) in [6, 6.07) is 4.08. The Balaban J connectivity index is 2.91. The summed E-state index contributed by atoms with van der Waals surface area (Å²) in [6.45, 7) is 8.26. The third-order valence-corrected chi connectivity index (χ3v) is 5.57. The molecule has 0 N–H and O–H groups in total. The van der Waals surface area contributed by atoms with E-state index in [9.17, 15) is 4.21 Å². The van der Waals surface area contributed by atoms with Gasteiger partial charge in [0.2, 0.25) is 0 Å². The SMILES string of the molecule is CC(C)SC(=Cc1cccs1)S(=O)C(C)C. The quantitative estimate of drug-likeness (QED) is 0.794. The fourth-order valence-electron chi connectivity index (χ4n) is 1.09. The van der Waals surface area contributed by atoms with Gasteiger partial charge in [0.05, 0.1) is 15.0 Å². The molecule has 1 atom stereocenters. The molecule has 0 saturated heterocycles. The van der Waals surface area contributed by atoms with Gasteiger partial charge in [0, 0.05) is 15.4 Å². The number of thioether (sulfide) groups is 1. The van der Waals surface area contributed by atoms with Crippen molar-refractivity contribution in [2.45, 2.75) is 38.2 Å². The fraction of sp³-hybridized carbons (Fsp3) is 0.500. The lowest BCUT2D eigenvalue weighted by atomic mass is 10.5. The molecule has 1 unspecified atom stereocenters. The summed E-state index contributed by atoms with van der Waals surface area (Å²) in [5.41, 5.74) is 0. The van der Waals surface area contributed by atoms with E-state index >= 15 is 0 Å². The predicted octanol–water partition coefficient (Wildman–Crippen LogP) is 4.35. The number of rotatable bonds is 5. The largest absolute Gasteiger partial charge is 0.254 e. The lowest BCUT2D eigenvalue weighted by Crippen LogP contribution is -2.07. The summed E-state index contributed by atoms with van der Waals surface area (Å²) in [5.74, 6) is 0. The van der Waals surface area contributed by atoms with Crippen molar-refractivity contribution in [1.82, 2.24) is 0 Å². The van der Waals surface area contributed by atoms with Crippen molar-refractivity contribution in [3.8, 4) is 0 Å². The average molecular weight is 274 g/mol. The van der Waals surface area contributed by atoms with Crippen LogP contribution in [0.25, 0.3) is 6.08 Å². The molecule has 1 rings (SSSR count). The Hall–Kier alpha value is -0.0600. The maximum Gasteiger partial charge on any atom is 0.0735 e. The highest BCUT2D eigenvalue weighted by atomic mass is 32.2. The van der Waals surface area contributed by atoms with Crippen LogP contribution in [0.5, 0.6) is 0 Å². The zero-order valence-corrected chi connectivity index (χ0v) is 12.5. The Morgan fingerprint density at radius 3 is 2.56 bits per heavy atom. The van der Waals surface area contributed by atoms with Crippen molar-refractivity contribution >= 4 is 40.0 Å². The molecule has 0 aromatic carbocycles. The fourth-order valence-corrected chi connectivity index (χ4v) is 4.80. The van der Waals surface area contributed by atoms with Gasteiger partial charge < -0.3 is 0 Å². The van der Waals surface area contributed by atoms with E-state index in [1.165, 1.54) is 4.88 Å². The van der Waals surface area contributed by atoms with E-state index in [4.69, 9.17) is 0 Å². The highest BCUT2D eigenvalue weighted by Crippen LogP contribution is 2.29.